The molecule has 2 rings (SSSR count). The van der Waals surface area contributed by atoms with Gasteiger partial charge in [0.05, 0.1) is 10.6 Å². The minimum atomic E-state index is 0.508. The van der Waals surface area contributed by atoms with Crippen LogP contribution in [0.4, 0.5) is 0 Å². The second-order valence-electron chi connectivity index (χ2n) is 4.30. The van der Waals surface area contributed by atoms with Crippen LogP contribution in [0.15, 0.2) is 17.5 Å². The second kappa shape index (κ2) is 5.76. The van der Waals surface area contributed by atoms with Gasteiger partial charge in [0.1, 0.15) is 5.01 Å². The molecule has 0 saturated heterocycles. The van der Waals surface area contributed by atoms with Crippen molar-refractivity contribution in [1.82, 2.24) is 10.3 Å². The predicted octanol–water partition coefficient (Wildman–Crippen LogP) is 3.93. The molecule has 0 saturated carbocycles. The van der Waals surface area contributed by atoms with Gasteiger partial charge in [-0.2, -0.15) is 0 Å². The Morgan fingerprint density at radius 1 is 1.35 bits per heavy atom. The van der Waals surface area contributed by atoms with Crippen LogP contribution in [-0.4, -0.2) is 11.0 Å². The van der Waals surface area contributed by atoms with Crippen molar-refractivity contribution < 1.29 is 0 Å². The number of nitrogens with zero attached hydrogens (tertiary/aromatic N) is 1. The van der Waals surface area contributed by atoms with Gasteiger partial charge in [0, 0.05) is 22.8 Å². The first kappa shape index (κ1) is 12.7. The van der Waals surface area contributed by atoms with Crippen molar-refractivity contribution in [1.29, 1.82) is 0 Å². The summed E-state index contributed by atoms with van der Waals surface area (Å²) in [5.74, 6) is 0. The van der Waals surface area contributed by atoms with Crippen LogP contribution >= 0.6 is 22.7 Å². The number of aryl methyl sites for hydroxylation is 1. The fourth-order valence-electron chi connectivity index (χ4n) is 1.49. The number of thiophene rings is 1. The molecule has 1 N–H and O–H groups in total. The largest absolute Gasteiger partial charge is 0.309 e. The fraction of sp³-hybridized carbons (Fsp3) is 0.462. The number of hydrogen-bond acceptors (Lipinski definition) is 4. The van der Waals surface area contributed by atoms with E-state index >= 15 is 0 Å². The number of rotatable bonds is 5. The van der Waals surface area contributed by atoms with Crippen LogP contribution in [0.5, 0.6) is 0 Å². The molecule has 0 fully saturated rings. The lowest BCUT2D eigenvalue weighted by Gasteiger charge is -2.04. The van der Waals surface area contributed by atoms with E-state index in [1.165, 1.54) is 9.75 Å². The van der Waals surface area contributed by atoms with Crippen molar-refractivity contribution in [2.45, 2.75) is 39.8 Å². The molecular formula is C13H18N2S2. The summed E-state index contributed by atoms with van der Waals surface area (Å²) < 4.78 is 0. The van der Waals surface area contributed by atoms with Gasteiger partial charge in [0.25, 0.3) is 0 Å². The highest BCUT2D eigenvalue weighted by atomic mass is 32.1. The molecule has 17 heavy (non-hydrogen) atoms. The van der Waals surface area contributed by atoms with E-state index in [4.69, 9.17) is 0 Å². The summed E-state index contributed by atoms with van der Waals surface area (Å²) >= 11 is 3.59. The number of thiazole rings is 1. The summed E-state index contributed by atoms with van der Waals surface area (Å²) in [6.45, 7) is 7.36. The monoisotopic (exact) mass is 266 g/mol. The maximum atomic E-state index is 4.67. The van der Waals surface area contributed by atoms with Crippen molar-refractivity contribution in [3.05, 3.63) is 28.1 Å². The Hall–Kier alpha value is -0.710. The van der Waals surface area contributed by atoms with Crippen LogP contribution in [0.3, 0.4) is 0 Å². The Balaban J connectivity index is 2.07. The van der Waals surface area contributed by atoms with E-state index in [1.807, 2.05) is 11.3 Å². The molecule has 0 atom stereocenters. The maximum Gasteiger partial charge on any atom is 0.133 e. The first-order chi connectivity index (χ1) is 8.19. The van der Waals surface area contributed by atoms with Crippen molar-refractivity contribution in [3.8, 4) is 9.88 Å². The van der Waals surface area contributed by atoms with Crippen molar-refractivity contribution in [3.63, 3.8) is 0 Å². The molecule has 2 heterocycles. The Bertz CT molecular complexity index is 471. The van der Waals surface area contributed by atoms with E-state index in [2.05, 4.69) is 48.6 Å². The summed E-state index contributed by atoms with van der Waals surface area (Å²) in [7, 11) is 0. The molecule has 2 aromatic heterocycles. The third kappa shape index (κ3) is 3.37. The van der Waals surface area contributed by atoms with Gasteiger partial charge in [-0.3, -0.25) is 0 Å². The highest BCUT2D eigenvalue weighted by Crippen LogP contribution is 2.30. The number of hydrogen-bond donors (Lipinski definition) is 1. The first-order valence-corrected chi connectivity index (χ1v) is 7.65. The molecule has 92 valence electrons. The zero-order chi connectivity index (χ0) is 12.3. The van der Waals surface area contributed by atoms with E-state index < -0.39 is 0 Å². The Morgan fingerprint density at radius 2 is 2.18 bits per heavy atom. The predicted molar refractivity (Wildman–Crippen MR) is 76.8 cm³/mol. The first-order valence-electron chi connectivity index (χ1n) is 5.96. The smallest absolute Gasteiger partial charge is 0.133 e. The van der Waals surface area contributed by atoms with Crippen LogP contribution in [0.25, 0.3) is 9.88 Å². The maximum absolute atomic E-state index is 4.67. The average Bonchev–Trinajstić information content (AvgIpc) is 2.94. The van der Waals surface area contributed by atoms with E-state index in [0.717, 1.165) is 23.7 Å². The minimum Gasteiger partial charge on any atom is -0.309 e. The SMILES string of the molecule is CCc1ccc(-c2nc(CNC(C)C)cs2)s1. The third-order valence-corrected chi connectivity index (χ3v) is 4.75. The Labute approximate surface area is 111 Å². The summed E-state index contributed by atoms with van der Waals surface area (Å²) in [6.07, 6.45) is 1.11. The topological polar surface area (TPSA) is 24.9 Å². The highest BCUT2D eigenvalue weighted by Gasteiger charge is 2.07. The molecule has 2 aromatic rings. The van der Waals surface area contributed by atoms with Crippen molar-refractivity contribution in [2.24, 2.45) is 0 Å². The molecule has 0 aromatic carbocycles. The quantitative estimate of drug-likeness (QED) is 0.887. The van der Waals surface area contributed by atoms with E-state index in [-0.39, 0.29) is 0 Å². The van der Waals surface area contributed by atoms with Gasteiger partial charge < -0.3 is 5.32 Å². The van der Waals surface area contributed by atoms with E-state index in [1.54, 1.807) is 11.3 Å². The van der Waals surface area contributed by atoms with Gasteiger partial charge in [0.2, 0.25) is 0 Å². The molecule has 0 bridgehead atoms. The molecular weight excluding hydrogens is 248 g/mol. The Kier molecular flexibility index (Phi) is 4.31. The zero-order valence-corrected chi connectivity index (χ0v) is 12.1. The molecule has 0 amide bonds. The van der Waals surface area contributed by atoms with Crippen LogP contribution in [0.2, 0.25) is 0 Å². The standard InChI is InChI=1S/C13H18N2S2/c1-4-11-5-6-12(17-11)13-15-10(8-16-13)7-14-9(2)3/h5-6,8-9,14H,4,7H2,1-3H3. The van der Waals surface area contributed by atoms with Crippen molar-refractivity contribution in [2.75, 3.05) is 0 Å². The third-order valence-electron chi connectivity index (χ3n) is 2.46. The minimum absolute atomic E-state index is 0.508. The van der Waals surface area contributed by atoms with Crippen molar-refractivity contribution >= 4 is 22.7 Å². The van der Waals surface area contributed by atoms with Gasteiger partial charge in [-0.15, -0.1) is 22.7 Å². The normalized spacial score (nSPS) is 11.3. The summed E-state index contributed by atoms with van der Waals surface area (Å²) in [5.41, 5.74) is 1.14. The van der Waals surface area contributed by atoms with E-state index in [9.17, 15) is 0 Å². The molecule has 0 aliphatic carbocycles. The average molecular weight is 266 g/mol. The number of nitrogens with one attached hydrogen (secondary N) is 1. The summed E-state index contributed by atoms with van der Waals surface area (Å²) in [5, 5.41) is 6.69. The van der Waals surface area contributed by atoms with Crippen LogP contribution in [-0.2, 0) is 13.0 Å². The molecule has 0 unspecified atom stereocenters. The summed E-state index contributed by atoms with van der Waals surface area (Å²) in [6, 6.07) is 4.89. The van der Waals surface area contributed by atoms with Crippen LogP contribution in [0, 0.1) is 0 Å². The molecule has 0 aliphatic rings. The zero-order valence-electron chi connectivity index (χ0n) is 10.5. The van der Waals surface area contributed by atoms with Crippen LogP contribution in [0.1, 0.15) is 31.3 Å². The van der Waals surface area contributed by atoms with Crippen LogP contribution < -0.4 is 5.32 Å². The lowest BCUT2D eigenvalue weighted by molar-refractivity contribution is 0.583. The van der Waals surface area contributed by atoms with Gasteiger partial charge in [-0.25, -0.2) is 4.98 Å². The molecule has 0 aliphatic heterocycles. The lowest BCUT2D eigenvalue weighted by atomic mass is 10.3. The second-order valence-corrected chi connectivity index (χ2v) is 6.33. The fourth-order valence-corrected chi connectivity index (χ4v) is 3.33. The van der Waals surface area contributed by atoms with Gasteiger partial charge in [-0.1, -0.05) is 20.8 Å². The van der Waals surface area contributed by atoms with E-state index in [0.29, 0.717) is 6.04 Å². The molecule has 4 heteroatoms. The van der Waals surface area contributed by atoms with Gasteiger partial charge >= 0.3 is 0 Å². The molecule has 0 radical (unpaired) electrons. The molecule has 2 nitrogen and oxygen atoms in total. The number of aromatic nitrogens is 1. The molecule has 0 spiro atoms. The summed E-state index contributed by atoms with van der Waals surface area (Å²) in [4.78, 5) is 7.39. The highest BCUT2D eigenvalue weighted by molar-refractivity contribution is 7.21. The van der Waals surface area contributed by atoms with Gasteiger partial charge in [-0.05, 0) is 18.6 Å². The Morgan fingerprint density at radius 3 is 2.82 bits per heavy atom. The van der Waals surface area contributed by atoms with Gasteiger partial charge in [0.15, 0.2) is 0 Å². The lowest BCUT2D eigenvalue weighted by Crippen LogP contribution is -2.21.